The van der Waals surface area contributed by atoms with E-state index in [0.29, 0.717) is 12.4 Å². The minimum absolute atomic E-state index is 0.450. The van der Waals surface area contributed by atoms with Gasteiger partial charge in [0.1, 0.15) is 5.76 Å². The Kier molecular flexibility index (Phi) is 3.50. The van der Waals surface area contributed by atoms with Crippen LogP contribution in [-0.4, -0.2) is 18.2 Å². The number of ketones is 2. The van der Waals surface area contributed by atoms with Crippen molar-refractivity contribution in [2.24, 2.45) is 0 Å². The van der Waals surface area contributed by atoms with Crippen molar-refractivity contribution in [3.05, 3.63) is 59.9 Å². The molecule has 86 valence electrons. The summed E-state index contributed by atoms with van der Waals surface area (Å²) in [5.41, 5.74) is 1.18. The average molecular weight is 228 g/mol. The monoisotopic (exact) mass is 228 g/mol. The molecule has 1 aromatic rings. The van der Waals surface area contributed by atoms with Crippen LogP contribution < -0.4 is 0 Å². The van der Waals surface area contributed by atoms with Crippen LogP contribution in [0.4, 0.5) is 0 Å². The van der Waals surface area contributed by atoms with Crippen LogP contribution >= 0.6 is 0 Å². The Labute approximate surface area is 99.4 Å². The molecule has 3 nitrogen and oxygen atoms in total. The summed E-state index contributed by atoms with van der Waals surface area (Å²) in [5, 5.41) is 0. The molecule has 0 unspecified atom stereocenters. The van der Waals surface area contributed by atoms with Crippen molar-refractivity contribution in [2.75, 3.05) is 6.61 Å². The molecule has 0 heterocycles. The zero-order valence-electron chi connectivity index (χ0n) is 9.26. The molecule has 1 aliphatic rings. The van der Waals surface area contributed by atoms with E-state index < -0.39 is 11.6 Å². The maximum Gasteiger partial charge on any atom is 0.229 e. The van der Waals surface area contributed by atoms with Gasteiger partial charge in [-0.15, -0.1) is 0 Å². The zero-order chi connectivity index (χ0) is 12.1. The highest BCUT2D eigenvalue weighted by molar-refractivity contribution is 6.46. The van der Waals surface area contributed by atoms with E-state index in [2.05, 4.69) is 0 Å². The number of benzene rings is 1. The summed E-state index contributed by atoms with van der Waals surface area (Å²) in [6, 6.07) is 9.93. The number of carbonyl (C=O) groups is 2. The first-order chi connectivity index (χ1) is 8.25. The predicted molar refractivity (Wildman–Crippen MR) is 63.3 cm³/mol. The van der Waals surface area contributed by atoms with Gasteiger partial charge in [0, 0.05) is 12.5 Å². The van der Waals surface area contributed by atoms with Gasteiger partial charge < -0.3 is 4.74 Å². The van der Waals surface area contributed by atoms with Gasteiger partial charge in [-0.1, -0.05) is 30.3 Å². The van der Waals surface area contributed by atoms with Gasteiger partial charge in [-0.25, -0.2) is 0 Å². The van der Waals surface area contributed by atoms with E-state index in [1.54, 1.807) is 0 Å². The third-order valence-electron chi connectivity index (χ3n) is 2.42. The van der Waals surface area contributed by atoms with Gasteiger partial charge in [0.25, 0.3) is 0 Å². The third-order valence-corrected chi connectivity index (χ3v) is 2.42. The zero-order valence-corrected chi connectivity index (χ0v) is 9.26. The van der Waals surface area contributed by atoms with Crippen molar-refractivity contribution in [2.45, 2.75) is 6.42 Å². The summed E-state index contributed by atoms with van der Waals surface area (Å²) in [4.78, 5) is 22.0. The molecular weight excluding hydrogens is 216 g/mol. The molecule has 0 saturated heterocycles. The topological polar surface area (TPSA) is 43.4 Å². The second kappa shape index (κ2) is 5.25. The quantitative estimate of drug-likeness (QED) is 0.583. The first kappa shape index (κ1) is 11.3. The summed E-state index contributed by atoms with van der Waals surface area (Å²) < 4.78 is 5.41. The van der Waals surface area contributed by atoms with Crippen molar-refractivity contribution in [3.63, 3.8) is 0 Å². The van der Waals surface area contributed by atoms with Crippen LogP contribution in [0, 0.1) is 0 Å². The van der Waals surface area contributed by atoms with Crippen molar-refractivity contribution >= 4 is 11.6 Å². The minimum atomic E-state index is -0.526. The number of ether oxygens (including phenoxy) is 1. The van der Waals surface area contributed by atoms with Gasteiger partial charge >= 0.3 is 0 Å². The lowest BCUT2D eigenvalue weighted by molar-refractivity contribution is -0.131. The second-order valence-corrected chi connectivity index (χ2v) is 3.69. The van der Waals surface area contributed by atoms with E-state index >= 15 is 0 Å². The molecule has 0 spiro atoms. The summed E-state index contributed by atoms with van der Waals surface area (Å²) in [6.07, 6.45) is 4.76. The summed E-state index contributed by atoms with van der Waals surface area (Å²) in [7, 11) is 0. The number of hydrogen-bond donors (Lipinski definition) is 0. The maximum absolute atomic E-state index is 11.1. The number of carbonyl (C=O) groups excluding carboxylic acids is 2. The van der Waals surface area contributed by atoms with E-state index in [9.17, 15) is 9.59 Å². The fourth-order valence-corrected chi connectivity index (χ4v) is 1.51. The number of rotatable bonds is 4. The lowest BCUT2D eigenvalue weighted by Crippen LogP contribution is -2.13. The van der Waals surface area contributed by atoms with E-state index in [-0.39, 0.29) is 0 Å². The highest BCUT2D eigenvalue weighted by Crippen LogP contribution is 2.08. The van der Waals surface area contributed by atoms with Crippen molar-refractivity contribution in [3.8, 4) is 0 Å². The number of allylic oxidation sites excluding steroid dienone is 3. The first-order valence-electron chi connectivity index (χ1n) is 5.40. The van der Waals surface area contributed by atoms with Crippen molar-refractivity contribution < 1.29 is 14.3 Å². The Hall–Kier alpha value is -2.16. The van der Waals surface area contributed by atoms with Gasteiger partial charge in [-0.2, -0.15) is 0 Å². The van der Waals surface area contributed by atoms with Crippen LogP contribution in [0.25, 0.3) is 0 Å². The highest BCUT2D eigenvalue weighted by Gasteiger charge is 2.13. The largest absolute Gasteiger partial charge is 0.493 e. The molecule has 1 aromatic carbocycles. The van der Waals surface area contributed by atoms with E-state index in [0.717, 1.165) is 6.42 Å². The Morgan fingerprint density at radius 3 is 2.41 bits per heavy atom. The Bertz CT molecular complexity index is 483. The molecule has 1 aliphatic carbocycles. The Morgan fingerprint density at radius 2 is 1.71 bits per heavy atom. The predicted octanol–water partition coefficient (Wildman–Crippen LogP) is 1.84. The van der Waals surface area contributed by atoms with Crippen LogP contribution in [-0.2, 0) is 20.7 Å². The van der Waals surface area contributed by atoms with E-state index in [4.69, 9.17) is 4.74 Å². The molecule has 0 aromatic heterocycles. The van der Waals surface area contributed by atoms with Crippen molar-refractivity contribution in [1.82, 2.24) is 0 Å². The SMILES string of the molecule is O=C1C=CC(OCCc2ccccc2)=CC1=O. The number of hydrogen-bond acceptors (Lipinski definition) is 3. The van der Waals surface area contributed by atoms with Crippen LogP contribution in [0.3, 0.4) is 0 Å². The lowest BCUT2D eigenvalue weighted by Gasteiger charge is -2.08. The normalized spacial score (nSPS) is 14.7. The molecular formula is C14H12O3. The molecule has 0 amide bonds. The molecule has 17 heavy (non-hydrogen) atoms. The molecule has 2 rings (SSSR count). The molecule has 0 radical (unpaired) electrons. The molecule has 0 fully saturated rings. The molecule has 0 N–H and O–H groups in total. The molecule has 0 bridgehead atoms. The van der Waals surface area contributed by atoms with Crippen LogP contribution in [0.1, 0.15) is 5.56 Å². The van der Waals surface area contributed by atoms with Gasteiger partial charge in [0.15, 0.2) is 0 Å². The van der Waals surface area contributed by atoms with E-state index in [1.165, 1.54) is 23.8 Å². The maximum atomic E-state index is 11.1. The van der Waals surface area contributed by atoms with Crippen LogP contribution in [0.15, 0.2) is 54.3 Å². The average Bonchev–Trinajstić information content (AvgIpc) is 2.35. The third kappa shape index (κ3) is 3.14. The fourth-order valence-electron chi connectivity index (χ4n) is 1.51. The highest BCUT2D eigenvalue weighted by atomic mass is 16.5. The molecule has 0 aliphatic heterocycles. The fraction of sp³-hybridized carbons (Fsp3) is 0.143. The lowest BCUT2D eigenvalue weighted by atomic mass is 10.1. The standard InChI is InChI=1S/C14H12O3/c15-13-7-6-12(10-14(13)16)17-9-8-11-4-2-1-3-5-11/h1-7,10H,8-9H2. The second-order valence-electron chi connectivity index (χ2n) is 3.69. The Balaban J connectivity index is 1.84. The smallest absolute Gasteiger partial charge is 0.229 e. The Morgan fingerprint density at radius 1 is 0.941 bits per heavy atom. The van der Waals surface area contributed by atoms with Crippen LogP contribution in [0.2, 0.25) is 0 Å². The van der Waals surface area contributed by atoms with Crippen molar-refractivity contribution in [1.29, 1.82) is 0 Å². The van der Waals surface area contributed by atoms with E-state index in [1.807, 2.05) is 30.3 Å². The first-order valence-corrected chi connectivity index (χ1v) is 5.40. The summed E-state index contributed by atoms with van der Waals surface area (Å²) >= 11 is 0. The van der Waals surface area contributed by atoms with Crippen LogP contribution in [0.5, 0.6) is 0 Å². The minimum Gasteiger partial charge on any atom is -0.493 e. The molecule has 0 atom stereocenters. The molecule has 0 saturated carbocycles. The summed E-state index contributed by atoms with van der Waals surface area (Å²) in [5.74, 6) is -0.576. The van der Waals surface area contributed by atoms with Gasteiger partial charge in [-0.05, 0) is 17.7 Å². The van der Waals surface area contributed by atoms with Gasteiger partial charge in [0.2, 0.25) is 11.6 Å². The molecule has 3 heteroatoms. The van der Waals surface area contributed by atoms with Gasteiger partial charge in [-0.3, -0.25) is 9.59 Å². The van der Waals surface area contributed by atoms with Gasteiger partial charge in [0.05, 0.1) is 6.61 Å². The summed E-state index contributed by atoms with van der Waals surface area (Å²) in [6.45, 7) is 0.488.